The van der Waals surface area contributed by atoms with E-state index in [1.807, 2.05) is 24.3 Å². The molecule has 532 valence electrons. The maximum absolute atomic E-state index is 14.6. The summed E-state index contributed by atoms with van der Waals surface area (Å²) in [5.41, 5.74) is 12.7. The number of rotatable bonds is 20. The monoisotopic (exact) mass is 1410 g/mol. The lowest BCUT2D eigenvalue weighted by molar-refractivity contribution is -0.494. The standard InChI is InChI=1S/2C31H29ClFN3O5.2C4H11NO3.CH4/c2*32-20-5-6-23(24(33)15-20)31-40-27-3-1-2-22(29(27)41-31)18-8-11-35(12-9-18)17-28-34-25-7-4-19(30(37)38)14-26(25)36(28)16-21-10-13-39-21;2*5-4(1-6,2-7)3-8;/h2*1-7,14-15,18,21,31H,8-13,16-17H2,(H,37,38);2*6-8H,1-3,5H2;1H4/t2*21-,31-;;;/m00.../s1. The minimum Gasteiger partial charge on any atom is -0.545 e. The van der Waals surface area contributed by atoms with E-state index in [4.69, 9.17) is 98.0 Å². The van der Waals surface area contributed by atoms with Gasteiger partial charge in [0.2, 0.25) is 0 Å². The van der Waals surface area contributed by atoms with Crippen LogP contribution in [-0.2, 0) is 35.7 Å². The second kappa shape index (κ2) is 32.8. The molecule has 28 heteroatoms. The number of carbonyl (C=O) groups excluding carboxylic acids is 1. The molecule has 8 aromatic rings. The largest absolute Gasteiger partial charge is 0.545 e. The lowest BCUT2D eigenvalue weighted by Crippen LogP contribution is -2.78. The molecule has 4 fully saturated rings. The van der Waals surface area contributed by atoms with Crippen LogP contribution in [-0.4, -0.2) is 179 Å². The number of nitrogens with zero attached hydrogens (tertiary/aromatic N) is 6. The summed E-state index contributed by atoms with van der Waals surface area (Å²) >= 11 is 11.8. The molecule has 2 aromatic heterocycles. The first-order valence-corrected chi connectivity index (χ1v) is 33.2. The molecule has 0 amide bonds. The average Bonchev–Trinajstić information content (AvgIpc) is 1.67. The third kappa shape index (κ3) is 17.2. The van der Waals surface area contributed by atoms with Crippen LogP contribution < -0.4 is 35.5 Å². The van der Waals surface area contributed by atoms with Crippen LogP contribution in [0.1, 0.15) is 125 Å². The first-order chi connectivity index (χ1) is 47.2. The molecule has 4 saturated heterocycles. The van der Waals surface area contributed by atoms with Gasteiger partial charge in [0.1, 0.15) is 43.1 Å². The van der Waals surface area contributed by atoms with Gasteiger partial charge in [0.05, 0.1) is 108 Å². The molecule has 0 bridgehead atoms. The van der Waals surface area contributed by atoms with Gasteiger partial charge in [0, 0.05) is 34.4 Å². The predicted molar refractivity (Wildman–Crippen MR) is 359 cm³/mol. The van der Waals surface area contributed by atoms with Crippen LogP contribution >= 0.6 is 23.2 Å². The van der Waals surface area contributed by atoms with Crippen molar-refractivity contribution >= 4 is 57.2 Å². The molecule has 0 spiro atoms. The number of piperidine rings is 2. The Balaban J connectivity index is 0.000000174. The Kier molecular flexibility index (Phi) is 24.5. The molecule has 0 saturated carbocycles. The minimum atomic E-state index is -1.21. The van der Waals surface area contributed by atoms with E-state index < -0.39 is 67.1 Å². The number of aromatic carboxylic acids is 2. The van der Waals surface area contributed by atoms with E-state index in [-0.39, 0.29) is 62.4 Å². The van der Waals surface area contributed by atoms with Crippen LogP contribution in [0.2, 0.25) is 10.0 Å². The van der Waals surface area contributed by atoms with Gasteiger partial charge in [-0.05, 0) is 161 Å². The van der Waals surface area contributed by atoms with Gasteiger partial charge < -0.3 is 94.7 Å². The Morgan fingerprint density at radius 3 is 1.30 bits per heavy atom. The lowest BCUT2D eigenvalue weighted by atomic mass is 9.88. The second-order valence-corrected chi connectivity index (χ2v) is 26.4. The molecule has 0 unspecified atom stereocenters. The van der Waals surface area contributed by atoms with Crippen molar-refractivity contribution in [2.45, 2.75) is 120 Å². The molecule has 99 heavy (non-hydrogen) atoms. The highest BCUT2D eigenvalue weighted by Crippen LogP contribution is 2.49. The lowest BCUT2D eigenvalue weighted by Gasteiger charge is -2.33. The number of aliphatic hydroxyl groups is 6. The molecule has 12 N–H and O–H groups in total. The summed E-state index contributed by atoms with van der Waals surface area (Å²) in [6.07, 6.45) is 4.18. The molecule has 4 atom stereocenters. The van der Waals surface area contributed by atoms with E-state index in [9.17, 15) is 28.6 Å². The number of hydrogen-bond acceptors (Lipinski definition) is 20. The topological polar surface area (TPSA) is 350 Å². The normalized spacial score (nSPS) is 19.2. The Labute approximate surface area is 580 Å². The number of nitrogens with two attached hydrogens (primary N) is 1. The van der Waals surface area contributed by atoms with Crippen LogP contribution in [0.25, 0.3) is 22.1 Å². The number of ether oxygens (including phenoxy) is 6. The number of carbonyl (C=O) groups is 2. The van der Waals surface area contributed by atoms with Crippen molar-refractivity contribution in [1.29, 1.82) is 0 Å². The minimum absolute atomic E-state index is 0. The van der Waals surface area contributed by atoms with Gasteiger partial charge in [0.25, 0.3) is 12.6 Å². The number of para-hydroxylation sites is 2. The van der Waals surface area contributed by atoms with Crippen molar-refractivity contribution < 1.29 is 93.4 Å². The fraction of sp³-hybridized carbons (Fsp3) is 0.437. The van der Waals surface area contributed by atoms with E-state index in [1.165, 1.54) is 12.1 Å². The smallest absolute Gasteiger partial charge is 0.335 e. The molecule has 0 aliphatic carbocycles. The highest BCUT2D eigenvalue weighted by atomic mass is 35.5. The number of halogens is 4. The van der Waals surface area contributed by atoms with Crippen molar-refractivity contribution in [3.8, 4) is 23.0 Å². The highest BCUT2D eigenvalue weighted by molar-refractivity contribution is 6.30. The van der Waals surface area contributed by atoms with Gasteiger partial charge in [-0.3, -0.25) is 9.80 Å². The fourth-order valence-corrected chi connectivity index (χ4v) is 12.6. The Hall–Kier alpha value is -7.64. The van der Waals surface area contributed by atoms with Crippen molar-refractivity contribution in [3.63, 3.8) is 0 Å². The summed E-state index contributed by atoms with van der Waals surface area (Å²) in [5, 5.41) is 71.9. The first kappa shape index (κ1) is 74.1. The van der Waals surface area contributed by atoms with Crippen LogP contribution in [0.5, 0.6) is 23.0 Å². The maximum atomic E-state index is 14.6. The average molecular weight is 1410 g/mol. The summed E-state index contributed by atoms with van der Waals surface area (Å²) in [7, 11) is 0. The second-order valence-electron chi connectivity index (χ2n) is 25.6. The van der Waals surface area contributed by atoms with Crippen molar-refractivity contribution in [2.24, 2.45) is 5.73 Å². The summed E-state index contributed by atoms with van der Waals surface area (Å²) in [6.45, 7) is 5.50. The van der Waals surface area contributed by atoms with E-state index >= 15 is 0 Å². The summed E-state index contributed by atoms with van der Waals surface area (Å²) in [4.78, 5) is 37.6. The highest BCUT2D eigenvalue weighted by Gasteiger charge is 2.37. The molecule has 0 radical (unpaired) electrons. The van der Waals surface area contributed by atoms with Crippen molar-refractivity contribution in [3.05, 3.63) is 176 Å². The van der Waals surface area contributed by atoms with Gasteiger partial charge in [-0.15, -0.1) is 0 Å². The Morgan fingerprint density at radius 2 is 0.970 bits per heavy atom. The number of hydrogen-bond donors (Lipinski definition) is 9. The summed E-state index contributed by atoms with van der Waals surface area (Å²) in [6, 6.07) is 30.8. The summed E-state index contributed by atoms with van der Waals surface area (Å²) in [5.74, 6) is 1.89. The third-order valence-corrected chi connectivity index (χ3v) is 19.1. The number of aliphatic hydroxyl groups excluding tert-OH is 6. The SMILES string of the molecule is C.NC(CO)(CO)CO.O=C(O)c1ccc2nc(CN3CCC(c4cccc5c4O[C@@H](c4ccc(Cl)cc4F)O5)CC3)n(C[C@@H]3CCO3)c2c1.O=C([O-])c1ccc2nc(CN3CCC(c4cccc5c4O[C@@H](c4ccc(Cl)cc4F)O5)CC3)n(C[C@@H]3CCO3)c2c1.[NH3+]C(CO)(CO)CO. The molecule has 8 heterocycles. The Bertz CT molecular complexity index is 3820. The van der Waals surface area contributed by atoms with Crippen molar-refractivity contribution in [2.75, 3.05) is 79.0 Å². The van der Waals surface area contributed by atoms with Crippen LogP contribution in [0.3, 0.4) is 0 Å². The van der Waals surface area contributed by atoms with Gasteiger partial charge >= 0.3 is 5.97 Å². The summed E-state index contributed by atoms with van der Waals surface area (Å²) < 4.78 is 69.0. The first-order valence-electron chi connectivity index (χ1n) is 32.4. The van der Waals surface area contributed by atoms with Gasteiger partial charge in [-0.2, -0.15) is 0 Å². The predicted octanol–water partition coefficient (Wildman–Crippen LogP) is 6.24. The molecular formula is C71H84Cl2F2N8O16. The zero-order valence-corrected chi connectivity index (χ0v) is 55.2. The number of aromatic nitrogens is 4. The number of fused-ring (bicyclic) bond motifs is 4. The zero-order chi connectivity index (χ0) is 69.4. The van der Waals surface area contributed by atoms with Crippen molar-refractivity contribution in [1.82, 2.24) is 28.9 Å². The van der Waals surface area contributed by atoms with Crippen LogP contribution in [0.15, 0.2) is 109 Å². The van der Waals surface area contributed by atoms with Crippen LogP contribution in [0, 0.1) is 11.6 Å². The third-order valence-electron chi connectivity index (χ3n) is 18.6. The van der Waals surface area contributed by atoms with Gasteiger partial charge in [0.15, 0.2) is 28.5 Å². The Morgan fingerprint density at radius 1 is 0.566 bits per heavy atom. The molecule has 6 aromatic carbocycles. The molecule has 6 aliphatic heterocycles. The number of quaternary nitrogens is 1. The number of imidazole rings is 2. The van der Waals surface area contributed by atoms with E-state index in [2.05, 4.69) is 36.8 Å². The quantitative estimate of drug-likeness (QED) is 0.0408. The van der Waals surface area contributed by atoms with Gasteiger partial charge in [-0.25, -0.2) is 23.5 Å². The number of likely N-dealkylation sites (tertiary alicyclic amines) is 2. The van der Waals surface area contributed by atoms with Gasteiger partial charge in [-0.1, -0.05) is 61.0 Å². The van der Waals surface area contributed by atoms with E-state index in [0.29, 0.717) is 70.3 Å². The molecular weight excluding hydrogens is 1330 g/mol. The molecule has 6 aliphatic rings. The zero-order valence-electron chi connectivity index (χ0n) is 53.7. The number of carboxylic acids is 2. The number of carboxylic acid groups (broad SMARTS) is 2. The van der Waals surface area contributed by atoms with E-state index in [1.54, 1.807) is 60.7 Å². The van der Waals surface area contributed by atoms with Crippen LogP contribution in [0.4, 0.5) is 8.78 Å². The molecule has 24 nitrogen and oxygen atoms in total. The maximum Gasteiger partial charge on any atom is 0.335 e. The van der Waals surface area contributed by atoms with E-state index in [0.717, 1.165) is 123 Å². The molecule has 14 rings (SSSR count). The fourth-order valence-electron chi connectivity index (χ4n) is 12.3. The number of benzene rings is 6.